The topological polar surface area (TPSA) is 55.5 Å². The van der Waals surface area contributed by atoms with Crippen LogP contribution in [0.25, 0.3) is 0 Å². The molecule has 1 aliphatic rings. The van der Waals surface area contributed by atoms with E-state index in [1.54, 1.807) is 6.07 Å². The number of nitrogens with two attached hydrogens (primary N) is 1. The highest BCUT2D eigenvalue weighted by Gasteiger charge is 2.15. The van der Waals surface area contributed by atoms with Crippen LogP contribution in [0, 0.1) is 5.92 Å². The van der Waals surface area contributed by atoms with Crippen LogP contribution < -0.4 is 10.5 Å². The van der Waals surface area contributed by atoms with Crippen molar-refractivity contribution in [3.8, 4) is 11.5 Å². The maximum absolute atomic E-state index is 9.84. The van der Waals surface area contributed by atoms with Crippen LogP contribution in [-0.2, 0) is 0 Å². The average molecular weight is 277 g/mol. The van der Waals surface area contributed by atoms with Crippen molar-refractivity contribution >= 4 is 0 Å². The Morgan fingerprint density at radius 1 is 1.25 bits per heavy atom. The number of hydrogen-bond donors (Lipinski definition) is 2. The summed E-state index contributed by atoms with van der Waals surface area (Å²) >= 11 is 0. The fourth-order valence-electron chi connectivity index (χ4n) is 2.96. The van der Waals surface area contributed by atoms with Gasteiger partial charge in [0.25, 0.3) is 0 Å². The quantitative estimate of drug-likeness (QED) is 0.831. The molecule has 0 spiro atoms. The van der Waals surface area contributed by atoms with Crippen LogP contribution in [0.4, 0.5) is 0 Å². The largest absolute Gasteiger partial charge is 0.508 e. The number of phenols is 1. The summed E-state index contributed by atoms with van der Waals surface area (Å²) in [5, 5.41) is 9.84. The second kappa shape index (κ2) is 7.53. The summed E-state index contributed by atoms with van der Waals surface area (Å²) in [7, 11) is 0. The number of phenolic OH excluding ortho intramolecular Hbond substituents is 1. The van der Waals surface area contributed by atoms with E-state index >= 15 is 0 Å². The van der Waals surface area contributed by atoms with Gasteiger partial charge in [-0.05, 0) is 55.3 Å². The van der Waals surface area contributed by atoms with E-state index in [1.807, 2.05) is 12.1 Å². The summed E-state index contributed by atoms with van der Waals surface area (Å²) in [4.78, 5) is 0. The highest BCUT2D eigenvalue weighted by Crippen LogP contribution is 2.30. The molecule has 1 atom stereocenters. The zero-order valence-electron chi connectivity index (χ0n) is 12.5. The van der Waals surface area contributed by atoms with E-state index in [2.05, 4.69) is 6.92 Å². The van der Waals surface area contributed by atoms with E-state index in [0.29, 0.717) is 18.4 Å². The molecular formula is C17H27NO2. The molecule has 2 rings (SSSR count). The van der Waals surface area contributed by atoms with Crippen LogP contribution in [0.1, 0.15) is 56.9 Å². The first-order valence-electron chi connectivity index (χ1n) is 7.86. The minimum Gasteiger partial charge on any atom is -0.508 e. The standard InChI is InChI=1S/C17H27NO2/c1-13(7-8-18)15-9-16(19)11-17(10-15)20-12-14-5-3-2-4-6-14/h9-11,13-14,19H,2-8,12,18H2,1H3/t13-/m1/s1. The van der Waals surface area contributed by atoms with Crippen molar-refractivity contribution in [1.29, 1.82) is 0 Å². The summed E-state index contributed by atoms with van der Waals surface area (Å²) in [6.07, 6.45) is 7.49. The molecular weight excluding hydrogens is 250 g/mol. The van der Waals surface area contributed by atoms with Gasteiger partial charge in [-0.3, -0.25) is 0 Å². The van der Waals surface area contributed by atoms with E-state index in [1.165, 1.54) is 32.1 Å². The Morgan fingerprint density at radius 2 is 2.00 bits per heavy atom. The van der Waals surface area contributed by atoms with Gasteiger partial charge in [0.1, 0.15) is 11.5 Å². The predicted octanol–water partition coefficient (Wildman–Crippen LogP) is 3.80. The molecule has 3 heteroatoms. The molecule has 0 aliphatic heterocycles. The second-order valence-electron chi connectivity index (χ2n) is 6.05. The van der Waals surface area contributed by atoms with Crippen LogP contribution in [0.15, 0.2) is 18.2 Å². The van der Waals surface area contributed by atoms with Crippen molar-refractivity contribution in [2.45, 2.75) is 51.4 Å². The first-order valence-corrected chi connectivity index (χ1v) is 7.86. The lowest BCUT2D eigenvalue weighted by atomic mass is 9.90. The third-order valence-electron chi connectivity index (χ3n) is 4.29. The third-order valence-corrected chi connectivity index (χ3v) is 4.29. The number of benzene rings is 1. The van der Waals surface area contributed by atoms with Crippen molar-refractivity contribution in [2.24, 2.45) is 11.7 Å². The maximum Gasteiger partial charge on any atom is 0.123 e. The van der Waals surface area contributed by atoms with Gasteiger partial charge in [0, 0.05) is 6.07 Å². The SMILES string of the molecule is C[C@H](CCN)c1cc(O)cc(OCC2CCCCC2)c1. The first kappa shape index (κ1) is 15.2. The van der Waals surface area contributed by atoms with E-state index < -0.39 is 0 Å². The lowest BCUT2D eigenvalue weighted by Gasteiger charge is -2.22. The highest BCUT2D eigenvalue weighted by atomic mass is 16.5. The number of hydrogen-bond acceptors (Lipinski definition) is 3. The predicted molar refractivity (Wildman–Crippen MR) is 82.3 cm³/mol. The van der Waals surface area contributed by atoms with Gasteiger partial charge in [-0.1, -0.05) is 26.2 Å². The first-order chi connectivity index (χ1) is 9.69. The molecule has 0 bridgehead atoms. The molecule has 0 unspecified atom stereocenters. The molecule has 3 nitrogen and oxygen atoms in total. The van der Waals surface area contributed by atoms with E-state index in [4.69, 9.17) is 10.5 Å². The summed E-state index contributed by atoms with van der Waals surface area (Å²) in [5.74, 6) is 2.10. The number of rotatable bonds is 6. The Labute approximate surface area is 122 Å². The number of ether oxygens (including phenoxy) is 1. The van der Waals surface area contributed by atoms with Crippen LogP contribution in [0.2, 0.25) is 0 Å². The van der Waals surface area contributed by atoms with E-state index in [0.717, 1.165) is 24.3 Å². The van der Waals surface area contributed by atoms with Crippen molar-refractivity contribution in [1.82, 2.24) is 0 Å². The zero-order chi connectivity index (χ0) is 14.4. The van der Waals surface area contributed by atoms with Crippen molar-refractivity contribution in [3.63, 3.8) is 0 Å². The molecule has 1 fully saturated rings. The lowest BCUT2D eigenvalue weighted by molar-refractivity contribution is 0.208. The van der Waals surface area contributed by atoms with Gasteiger partial charge in [0.15, 0.2) is 0 Å². The van der Waals surface area contributed by atoms with Crippen molar-refractivity contribution in [3.05, 3.63) is 23.8 Å². The smallest absolute Gasteiger partial charge is 0.123 e. The summed E-state index contributed by atoms with van der Waals surface area (Å²) in [5.41, 5.74) is 6.71. The molecule has 0 radical (unpaired) electrons. The fraction of sp³-hybridized carbons (Fsp3) is 0.647. The van der Waals surface area contributed by atoms with Crippen LogP contribution in [-0.4, -0.2) is 18.3 Å². The van der Waals surface area contributed by atoms with Gasteiger partial charge in [-0.15, -0.1) is 0 Å². The summed E-state index contributed by atoms with van der Waals surface area (Å²) in [6, 6.07) is 5.57. The molecule has 3 N–H and O–H groups in total. The minimum absolute atomic E-state index is 0.282. The average Bonchev–Trinajstić information content (AvgIpc) is 2.46. The van der Waals surface area contributed by atoms with E-state index in [-0.39, 0.29) is 5.75 Å². The Kier molecular flexibility index (Phi) is 5.72. The molecule has 1 aromatic carbocycles. The summed E-state index contributed by atoms with van der Waals surface area (Å²) < 4.78 is 5.90. The Balaban J connectivity index is 1.96. The van der Waals surface area contributed by atoms with Gasteiger partial charge in [0.05, 0.1) is 6.61 Å². The van der Waals surface area contributed by atoms with Gasteiger partial charge < -0.3 is 15.6 Å². The molecule has 0 saturated heterocycles. The Bertz CT molecular complexity index is 413. The molecule has 112 valence electrons. The third kappa shape index (κ3) is 4.41. The normalized spacial score (nSPS) is 17.9. The highest BCUT2D eigenvalue weighted by molar-refractivity contribution is 5.39. The van der Waals surface area contributed by atoms with E-state index in [9.17, 15) is 5.11 Å². The second-order valence-corrected chi connectivity index (χ2v) is 6.05. The Morgan fingerprint density at radius 3 is 2.70 bits per heavy atom. The molecule has 0 amide bonds. The molecule has 1 aromatic rings. The van der Waals surface area contributed by atoms with Crippen molar-refractivity contribution in [2.75, 3.05) is 13.2 Å². The molecule has 1 aliphatic carbocycles. The fourth-order valence-corrected chi connectivity index (χ4v) is 2.96. The van der Waals surface area contributed by atoms with Crippen LogP contribution >= 0.6 is 0 Å². The maximum atomic E-state index is 9.84. The van der Waals surface area contributed by atoms with Gasteiger partial charge in [0.2, 0.25) is 0 Å². The Hall–Kier alpha value is -1.22. The van der Waals surface area contributed by atoms with Gasteiger partial charge >= 0.3 is 0 Å². The molecule has 1 saturated carbocycles. The van der Waals surface area contributed by atoms with Gasteiger partial charge in [-0.2, -0.15) is 0 Å². The summed E-state index contributed by atoms with van der Waals surface area (Å²) in [6.45, 7) is 3.57. The molecule has 20 heavy (non-hydrogen) atoms. The zero-order valence-corrected chi connectivity index (χ0v) is 12.5. The van der Waals surface area contributed by atoms with Crippen molar-refractivity contribution < 1.29 is 9.84 Å². The molecule has 0 aromatic heterocycles. The number of aromatic hydroxyl groups is 1. The van der Waals surface area contributed by atoms with Crippen LogP contribution in [0.3, 0.4) is 0 Å². The van der Waals surface area contributed by atoms with Crippen LogP contribution in [0.5, 0.6) is 11.5 Å². The van der Waals surface area contributed by atoms with Gasteiger partial charge in [-0.25, -0.2) is 0 Å². The lowest BCUT2D eigenvalue weighted by Crippen LogP contribution is -2.15. The monoisotopic (exact) mass is 277 g/mol. The minimum atomic E-state index is 0.282. The molecule has 0 heterocycles.